The number of carboxylic acids is 1. The molecule has 2 aromatic carbocycles. The van der Waals surface area contributed by atoms with Crippen molar-refractivity contribution in [2.75, 3.05) is 4.72 Å². The van der Waals surface area contributed by atoms with Crippen LogP contribution in [0.1, 0.15) is 10.4 Å². The van der Waals surface area contributed by atoms with Gasteiger partial charge in [-0.15, -0.1) is 11.3 Å². The number of carbonyl (C=O) groups is 1. The van der Waals surface area contributed by atoms with Gasteiger partial charge in [-0.05, 0) is 42.3 Å². The average Bonchev–Trinajstić information content (AvgIpc) is 3.04. The topological polar surface area (TPSA) is 82.5 Å². The third-order valence-corrected chi connectivity index (χ3v) is 5.12. The van der Waals surface area contributed by atoms with Gasteiger partial charge >= 0.3 is 5.97 Å². The number of phenolic OH excluding ortho intramolecular Hbond substituents is 1. The molecule has 0 aliphatic carbocycles. The van der Waals surface area contributed by atoms with Crippen LogP contribution in [0, 0.1) is 11.6 Å². The Morgan fingerprint density at radius 2 is 1.92 bits per heavy atom. The number of halogens is 2. The van der Waals surface area contributed by atoms with Gasteiger partial charge in [-0.1, -0.05) is 0 Å². The van der Waals surface area contributed by atoms with Gasteiger partial charge in [-0.25, -0.2) is 18.6 Å². The first kappa shape index (κ1) is 17.2. The standard InChI is InChI=1S/C16H10F2N2O3S2/c17-9-3-1-8(2-4-9)15-19-7-14(24-15)25-20-12-6-11(18)10(16(22)23)5-13(12)21/h1-7,20-21H,(H,22,23). The fourth-order valence-corrected chi connectivity index (χ4v) is 3.61. The number of hydrogen-bond acceptors (Lipinski definition) is 6. The summed E-state index contributed by atoms with van der Waals surface area (Å²) in [4.78, 5) is 15.0. The maximum Gasteiger partial charge on any atom is 0.338 e. The van der Waals surface area contributed by atoms with Gasteiger partial charge in [0.2, 0.25) is 0 Å². The molecule has 0 atom stereocenters. The number of hydrogen-bond donors (Lipinski definition) is 3. The number of nitrogens with zero attached hydrogens (tertiary/aromatic N) is 1. The molecule has 5 nitrogen and oxygen atoms in total. The van der Waals surface area contributed by atoms with Gasteiger partial charge in [0.25, 0.3) is 0 Å². The summed E-state index contributed by atoms with van der Waals surface area (Å²) in [6.07, 6.45) is 1.58. The van der Waals surface area contributed by atoms with E-state index < -0.39 is 17.3 Å². The third-order valence-electron chi connectivity index (χ3n) is 3.15. The van der Waals surface area contributed by atoms with Gasteiger partial charge in [0.15, 0.2) is 0 Å². The minimum absolute atomic E-state index is 0.0456. The van der Waals surface area contributed by atoms with Crippen molar-refractivity contribution in [2.24, 2.45) is 0 Å². The molecular weight excluding hydrogens is 370 g/mol. The van der Waals surface area contributed by atoms with Crippen molar-refractivity contribution in [1.29, 1.82) is 0 Å². The van der Waals surface area contributed by atoms with Gasteiger partial charge in [-0.3, -0.25) is 0 Å². The Kier molecular flexibility index (Phi) is 4.86. The van der Waals surface area contributed by atoms with E-state index >= 15 is 0 Å². The van der Waals surface area contributed by atoms with Gasteiger partial charge < -0.3 is 14.9 Å². The zero-order valence-electron chi connectivity index (χ0n) is 12.4. The van der Waals surface area contributed by atoms with Crippen molar-refractivity contribution < 1.29 is 23.8 Å². The van der Waals surface area contributed by atoms with Crippen molar-refractivity contribution in [1.82, 2.24) is 4.98 Å². The molecular formula is C16H10F2N2O3S2. The number of aromatic nitrogens is 1. The Bertz CT molecular complexity index is 930. The van der Waals surface area contributed by atoms with E-state index in [4.69, 9.17) is 5.11 Å². The van der Waals surface area contributed by atoms with Crippen LogP contribution in [0.4, 0.5) is 14.5 Å². The molecule has 0 spiro atoms. The van der Waals surface area contributed by atoms with Crippen LogP contribution in [0.25, 0.3) is 10.6 Å². The van der Waals surface area contributed by atoms with Crippen LogP contribution in [0.2, 0.25) is 0 Å². The molecule has 0 unspecified atom stereocenters. The number of nitrogens with one attached hydrogen (secondary N) is 1. The van der Waals surface area contributed by atoms with Crippen molar-refractivity contribution in [3.8, 4) is 16.3 Å². The summed E-state index contributed by atoms with van der Waals surface area (Å²) in [7, 11) is 0. The predicted molar refractivity (Wildman–Crippen MR) is 92.0 cm³/mol. The Hall–Kier alpha value is -2.65. The van der Waals surface area contributed by atoms with E-state index in [1.54, 1.807) is 18.3 Å². The predicted octanol–water partition coefficient (Wildman–Crippen LogP) is 4.61. The van der Waals surface area contributed by atoms with Crippen LogP contribution < -0.4 is 4.72 Å². The average molecular weight is 380 g/mol. The molecule has 0 fully saturated rings. The Labute approximate surface area is 149 Å². The third kappa shape index (κ3) is 3.89. The SMILES string of the molecule is O=C(O)c1cc(O)c(NSc2cnc(-c3ccc(F)cc3)s2)cc1F. The first-order valence-corrected chi connectivity index (χ1v) is 8.48. The number of aromatic carboxylic acids is 1. The van der Waals surface area contributed by atoms with E-state index in [2.05, 4.69) is 9.71 Å². The molecule has 3 N–H and O–H groups in total. The molecule has 3 aromatic rings. The van der Waals surface area contributed by atoms with Crippen molar-refractivity contribution in [3.05, 3.63) is 59.8 Å². The molecule has 0 saturated heterocycles. The molecule has 1 aromatic heterocycles. The highest BCUT2D eigenvalue weighted by Gasteiger charge is 2.15. The summed E-state index contributed by atoms with van der Waals surface area (Å²) in [5.74, 6) is -3.13. The van der Waals surface area contributed by atoms with E-state index in [1.165, 1.54) is 23.5 Å². The van der Waals surface area contributed by atoms with E-state index in [-0.39, 0.29) is 17.3 Å². The van der Waals surface area contributed by atoms with Crippen LogP contribution in [0.3, 0.4) is 0 Å². The van der Waals surface area contributed by atoms with E-state index in [0.717, 1.165) is 33.9 Å². The number of anilines is 1. The molecule has 3 rings (SSSR count). The molecule has 0 amide bonds. The van der Waals surface area contributed by atoms with E-state index in [9.17, 15) is 18.7 Å². The van der Waals surface area contributed by atoms with E-state index in [1.807, 2.05) is 0 Å². The summed E-state index contributed by atoms with van der Waals surface area (Å²) >= 11 is 2.41. The summed E-state index contributed by atoms with van der Waals surface area (Å²) in [5, 5.41) is 19.3. The molecule has 0 saturated carbocycles. The first-order chi connectivity index (χ1) is 11.9. The highest BCUT2D eigenvalue weighted by molar-refractivity contribution is 8.02. The van der Waals surface area contributed by atoms with Crippen LogP contribution >= 0.6 is 23.3 Å². The van der Waals surface area contributed by atoms with Gasteiger partial charge in [0.1, 0.15) is 26.6 Å². The van der Waals surface area contributed by atoms with Crippen molar-refractivity contribution in [3.63, 3.8) is 0 Å². The summed E-state index contributed by atoms with van der Waals surface area (Å²) in [5.41, 5.74) is 0.201. The van der Waals surface area contributed by atoms with Gasteiger partial charge in [0, 0.05) is 11.6 Å². The molecule has 25 heavy (non-hydrogen) atoms. The second-order valence-corrected chi connectivity index (χ2v) is 6.99. The molecule has 9 heteroatoms. The van der Waals surface area contributed by atoms with Gasteiger partial charge in [-0.2, -0.15) is 0 Å². The smallest absolute Gasteiger partial charge is 0.338 e. The van der Waals surface area contributed by atoms with Crippen LogP contribution in [0.5, 0.6) is 5.75 Å². The highest BCUT2D eigenvalue weighted by Crippen LogP contribution is 2.35. The summed E-state index contributed by atoms with van der Waals surface area (Å²) in [6, 6.07) is 7.66. The Morgan fingerprint density at radius 3 is 2.60 bits per heavy atom. The zero-order valence-corrected chi connectivity index (χ0v) is 14.0. The number of benzene rings is 2. The largest absolute Gasteiger partial charge is 0.506 e. The number of rotatable bonds is 5. The van der Waals surface area contributed by atoms with Crippen molar-refractivity contribution in [2.45, 2.75) is 4.21 Å². The lowest BCUT2D eigenvalue weighted by molar-refractivity contribution is 0.0691. The fourth-order valence-electron chi connectivity index (χ4n) is 1.95. The first-order valence-electron chi connectivity index (χ1n) is 6.84. The second kappa shape index (κ2) is 7.08. The number of thiazole rings is 1. The minimum atomic E-state index is -1.46. The number of carboxylic acid groups (broad SMARTS) is 1. The normalized spacial score (nSPS) is 10.6. The quantitative estimate of drug-likeness (QED) is 0.443. The van der Waals surface area contributed by atoms with Crippen LogP contribution in [-0.4, -0.2) is 21.2 Å². The Morgan fingerprint density at radius 1 is 1.20 bits per heavy atom. The maximum atomic E-state index is 13.7. The molecule has 0 aliphatic heterocycles. The van der Waals surface area contributed by atoms with Crippen LogP contribution in [0.15, 0.2) is 46.8 Å². The molecule has 0 aliphatic rings. The highest BCUT2D eigenvalue weighted by atomic mass is 32.2. The lowest BCUT2D eigenvalue weighted by Crippen LogP contribution is -2.01. The summed E-state index contributed by atoms with van der Waals surface area (Å²) in [6.45, 7) is 0. The Balaban J connectivity index is 1.73. The lowest BCUT2D eigenvalue weighted by atomic mass is 10.2. The monoisotopic (exact) mass is 380 g/mol. The fraction of sp³-hybridized carbons (Fsp3) is 0. The van der Waals surface area contributed by atoms with Crippen LogP contribution in [-0.2, 0) is 0 Å². The van der Waals surface area contributed by atoms with E-state index in [0.29, 0.717) is 5.01 Å². The second-order valence-electron chi connectivity index (χ2n) is 4.85. The zero-order chi connectivity index (χ0) is 18.0. The van der Waals surface area contributed by atoms with Gasteiger partial charge in [0.05, 0.1) is 17.4 Å². The molecule has 0 bridgehead atoms. The molecule has 0 radical (unpaired) electrons. The maximum absolute atomic E-state index is 13.7. The molecule has 128 valence electrons. The lowest BCUT2D eigenvalue weighted by Gasteiger charge is -2.07. The molecule has 1 heterocycles. The summed E-state index contributed by atoms with van der Waals surface area (Å²) < 4.78 is 30.1. The number of aromatic hydroxyl groups is 1. The minimum Gasteiger partial charge on any atom is -0.506 e. The van der Waals surface area contributed by atoms with Crippen molar-refractivity contribution >= 4 is 34.9 Å². The number of phenols is 1.